The van der Waals surface area contributed by atoms with Crippen LogP contribution in [0.4, 0.5) is 5.69 Å². The lowest BCUT2D eigenvalue weighted by molar-refractivity contribution is -0.120. The molecule has 154 valence electrons. The Morgan fingerprint density at radius 2 is 1.83 bits per heavy atom. The van der Waals surface area contributed by atoms with Crippen LogP contribution in [0.15, 0.2) is 48.5 Å². The first-order chi connectivity index (χ1) is 14.0. The quantitative estimate of drug-likeness (QED) is 0.747. The highest BCUT2D eigenvalue weighted by molar-refractivity contribution is 5.95. The number of carbonyl (C=O) groups is 2. The second-order valence-corrected chi connectivity index (χ2v) is 7.55. The van der Waals surface area contributed by atoms with Crippen molar-refractivity contribution in [1.29, 1.82) is 0 Å². The van der Waals surface area contributed by atoms with Crippen molar-refractivity contribution < 1.29 is 14.3 Å². The maximum atomic E-state index is 12.5. The topological polar surface area (TPSA) is 61.9 Å². The zero-order valence-electron chi connectivity index (χ0n) is 17.4. The summed E-state index contributed by atoms with van der Waals surface area (Å²) < 4.78 is 5.22. The molecule has 1 saturated heterocycles. The molecule has 1 aliphatic heterocycles. The second-order valence-electron chi connectivity index (χ2n) is 7.55. The van der Waals surface area contributed by atoms with E-state index in [0.717, 1.165) is 35.5 Å². The molecular formula is C23H29N3O3. The standard InChI is InChI=1S/C23H29N3O3/c1-25(2)21(18-8-12-20(29-3)13-9-18)16-24-22(27)15-17-6-10-19(11-7-17)26-14-4-5-23(26)28/h6-13,21H,4-5,14-16H2,1-3H3,(H,24,27)/t21-/m0/s1. The Balaban J connectivity index is 1.55. The molecule has 6 heteroatoms. The predicted octanol–water partition coefficient (Wildman–Crippen LogP) is 2.78. The highest BCUT2D eigenvalue weighted by Gasteiger charge is 2.21. The fourth-order valence-electron chi connectivity index (χ4n) is 3.60. The van der Waals surface area contributed by atoms with Crippen LogP contribution in [0, 0.1) is 0 Å². The summed E-state index contributed by atoms with van der Waals surface area (Å²) in [5, 5.41) is 3.04. The lowest BCUT2D eigenvalue weighted by atomic mass is 10.1. The number of carbonyl (C=O) groups excluding carboxylic acids is 2. The molecule has 3 rings (SSSR count). The minimum atomic E-state index is -0.0182. The summed E-state index contributed by atoms with van der Waals surface area (Å²) in [7, 11) is 5.65. The zero-order valence-corrected chi connectivity index (χ0v) is 17.4. The van der Waals surface area contributed by atoms with E-state index in [0.29, 0.717) is 19.4 Å². The van der Waals surface area contributed by atoms with Crippen molar-refractivity contribution in [2.45, 2.75) is 25.3 Å². The van der Waals surface area contributed by atoms with Crippen molar-refractivity contribution in [2.24, 2.45) is 0 Å². The fourth-order valence-corrected chi connectivity index (χ4v) is 3.60. The van der Waals surface area contributed by atoms with Crippen LogP contribution < -0.4 is 15.0 Å². The summed E-state index contributed by atoms with van der Waals surface area (Å²) in [5.41, 5.74) is 2.96. The zero-order chi connectivity index (χ0) is 20.8. The first-order valence-electron chi connectivity index (χ1n) is 9.94. The van der Waals surface area contributed by atoms with Crippen molar-refractivity contribution in [3.8, 4) is 5.75 Å². The number of rotatable bonds is 8. The maximum absolute atomic E-state index is 12.5. The van der Waals surface area contributed by atoms with Crippen molar-refractivity contribution in [3.63, 3.8) is 0 Å². The summed E-state index contributed by atoms with van der Waals surface area (Å²) in [6.07, 6.45) is 1.84. The van der Waals surface area contributed by atoms with Crippen molar-refractivity contribution in [1.82, 2.24) is 10.2 Å². The van der Waals surface area contributed by atoms with Crippen LogP contribution in [0.25, 0.3) is 0 Å². The van der Waals surface area contributed by atoms with E-state index >= 15 is 0 Å². The minimum absolute atomic E-state index is 0.0182. The van der Waals surface area contributed by atoms with Crippen LogP contribution >= 0.6 is 0 Å². The predicted molar refractivity (Wildman–Crippen MR) is 114 cm³/mol. The molecule has 29 heavy (non-hydrogen) atoms. The molecule has 0 radical (unpaired) electrons. The Kier molecular flexibility index (Phi) is 6.88. The van der Waals surface area contributed by atoms with Gasteiger partial charge in [0, 0.05) is 25.2 Å². The normalized spacial score (nSPS) is 14.9. The Morgan fingerprint density at radius 1 is 1.14 bits per heavy atom. The van der Waals surface area contributed by atoms with Gasteiger partial charge in [0.15, 0.2) is 0 Å². The number of ether oxygens (including phenoxy) is 1. The molecule has 1 N–H and O–H groups in total. The van der Waals surface area contributed by atoms with Gasteiger partial charge in [-0.25, -0.2) is 0 Å². The Hall–Kier alpha value is -2.86. The number of hydrogen-bond acceptors (Lipinski definition) is 4. The third-order valence-corrected chi connectivity index (χ3v) is 5.30. The average molecular weight is 396 g/mol. The molecule has 1 heterocycles. The van der Waals surface area contributed by atoms with E-state index in [-0.39, 0.29) is 17.9 Å². The summed E-state index contributed by atoms with van der Waals surface area (Å²) in [6.45, 7) is 1.30. The summed E-state index contributed by atoms with van der Waals surface area (Å²) >= 11 is 0. The molecule has 0 bridgehead atoms. The van der Waals surface area contributed by atoms with Gasteiger partial charge in [-0.05, 0) is 55.9 Å². The van der Waals surface area contributed by atoms with Gasteiger partial charge in [-0.2, -0.15) is 0 Å². The van der Waals surface area contributed by atoms with E-state index in [2.05, 4.69) is 10.2 Å². The van der Waals surface area contributed by atoms with Crippen molar-refractivity contribution in [2.75, 3.05) is 39.2 Å². The van der Waals surface area contributed by atoms with Gasteiger partial charge in [0.1, 0.15) is 5.75 Å². The molecule has 1 fully saturated rings. The van der Waals surface area contributed by atoms with Crippen LogP contribution in [0.1, 0.15) is 30.0 Å². The van der Waals surface area contributed by atoms with Gasteiger partial charge in [-0.3, -0.25) is 9.59 Å². The number of benzene rings is 2. The minimum Gasteiger partial charge on any atom is -0.497 e. The smallest absolute Gasteiger partial charge is 0.227 e. The highest BCUT2D eigenvalue weighted by atomic mass is 16.5. The number of likely N-dealkylation sites (N-methyl/N-ethyl adjacent to an activating group) is 1. The van der Waals surface area contributed by atoms with E-state index in [1.807, 2.05) is 62.6 Å². The van der Waals surface area contributed by atoms with E-state index < -0.39 is 0 Å². The molecule has 1 atom stereocenters. The summed E-state index contributed by atoms with van der Waals surface area (Å²) in [4.78, 5) is 28.2. The van der Waals surface area contributed by atoms with Gasteiger partial charge >= 0.3 is 0 Å². The van der Waals surface area contributed by atoms with E-state index in [1.165, 1.54) is 0 Å². The second kappa shape index (κ2) is 9.56. The first kappa shape index (κ1) is 20.9. The Labute approximate surface area is 172 Å². The first-order valence-corrected chi connectivity index (χ1v) is 9.94. The maximum Gasteiger partial charge on any atom is 0.227 e. The van der Waals surface area contributed by atoms with Gasteiger partial charge in [-0.15, -0.1) is 0 Å². The number of nitrogens with zero attached hydrogens (tertiary/aromatic N) is 2. The van der Waals surface area contributed by atoms with Gasteiger partial charge in [0.25, 0.3) is 0 Å². The molecule has 2 aromatic carbocycles. The van der Waals surface area contributed by atoms with Crippen LogP contribution in [0.2, 0.25) is 0 Å². The van der Waals surface area contributed by atoms with E-state index in [1.54, 1.807) is 12.0 Å². The molecule has 0 spiro atoms. The van der Waals surface area contributed by atoms with Gasteiger partial charge in [0.05, 0.1) is 19.6 Å². The number of methoxy groups -OCH3 is 1. The molecule has 0 aliphatic carbocycles. The van der Waals surface area contributed by atoms with Crippen molar-refractivity contribution in [3.05, 3.63) is 59.7 Å². The van der Waals surface area contributed by atoms with Crippen LogP contribution in [0.5, 0.6) is 5.75 Å². The number of nitrogens with one attached hydrogen (secondary N) is 1. The third-order valence-electron chi connectivity index (χ3n) is 5.30. The highest BCUT2D eigenvalue weighted by Crippen LogP contribution is 2.22. The van der Waals surface area contributed by atoms with Gasteiger partial charge in [0.2, 0.25) is 11.8 Å². The largest absolute Gasteiger partial charge is 0.497 e. The molecule has 0 unspecified atom stereocenters. The van der Waals surface area contributed by atoms with Crippen LogP contribution in [-0.2, 0) is 16.0 Å². The van der Waals surface area contributed by atoms with Gasteiger partial charge in [-0.1, -0.05) is 24.3 Å². The Morgan fingerprint density at radius 3 is 2.38 bits per heavy atom. The van der Waals surface area contributed by atoms with Crippen molar-refractivity contribution >= 4 is 17.5 Å². The molecule has 6 nitrogen and oxygen atoms in total. The van der Waals surface area contributed by atoms with E-state index in [9.17, 15) is 9.59 Å². The fraction of sp³-hybridized carbons (Fsp3) is 0.391. The third kappa shape index (κ3) is 5.35. The molecule has 0 aromatic heterocycles. The molecule has 1 aliphatic rings. The lowest BCUT2D eigenvalue weighted by Gasteiger charge is -2.25. The van der Waals surface area contributed by atoms with Crippen LogP contribution in [0.3, 0.4) is 0 Å². The number of hydrogen-bond donors (Lipinski definition) is 1. The van der Waals surface area contributed by atoms with E-state index in [4.69, 9.17) is 4.74 Å². The van der Waals surface area contributed by atoms with Gasteiger partial charge < -0.3 is 19.9 Å². The molecule has 0 saturated carbocycles. The van der Waals surface area contributed by atoms with Crippen LogP contribution in [-0.4, -0.2) is 51.0 Å². The monoisotopic (exact) mass is 395 g/mol. The Bertz CT molecular complexity index is 831. The number of anilines is 1. The molecule has 2 amide bonds. The SMILES string of the molecule is COc1ccc([C@H](CNC(=O)Cc2ccc(N3CCCC3=O)cc2)N(C)C)cc1. The number of amides is 2. The lowest BCUT2D eigenvalue weighted by Crippen LogP contribution is -2.35. The molecular weight excluding hydrogens is 366 g/mol. The summed E-state index contributed by atoms with van der Waals surface area (Å²) in [6, 6.07) is 15.7. The average Bonchev–Trinajstić information content (AvgIpc) is 3.15. The summed E-state index contributed by atoms with van der Waals surface area (Å²) in [5.74, 6) is 0.966. The molecule has 2 aromatic rings.